The number of pyridine rings is 1. The molecule has 1 N–H and O–H groups in total. The maximum absolute atomic E-state index is 12.3. The van der Waals surface area contributed by atoms with Crippen LogP contribution in [0.3, 0.4) is 0 Å². The van der Waals surface area contributed by atoms with Crippen LogP contribution in [0, 0.1) is 10.1 Å². The van der Waals surface area contributed by atoms with Crippen molar-refractivity contribution in [3.05, 3.63) is 76.8 Å². The van der Waals surface area contributed by atoms with Gasteiger partial charge in [0.25, 0.3) is 5.91 Å². The van der Waals surface area contributed by atoms with Crippen LogP contribution in [-0.4, -0.2) is 53.2 Å². The van der Waals surface area contributed by atoms with Crippen LogP contribution in [0.15, 0.2) is 65.3 Å². The molecule has 0 saturated carbocycles. The number of aromatic nitrogens is 2. The molecule has 3 aromatic heterocycles. The summed E-state index contributed by atoms with van der Waals surface area (Å²) < 4.78 is 30.2. The van der Waals surface area contributed by atoms with Gasteiger partial charge in [-0.2, -0.15) is 0 Å². The first-order valence-corrected chi connectivity index (χ1v) is 12.2. The molecule has 1 saturated heterocycles. The summed E-state index contributed by atoms with van der Waals surface area (Å²) in [5, 5.41) is 13.4. The van der Waals surface area contributed by atoms with E-state index in [-0.39, 0.29) is 17.3 Å². The van der Waals surface area contributed by atoms with E-state index in [4.69, 9.17) is 4.42 Å². The number of amides is 1. The fourth-order valence-electron chi connectivity index (χ4n) is 3.82. The molecule has 0 spiro atoms. The second kappa shape index (κ2) is 8.30. The summed E-state index contributed by atoms with van der Waals surface area (Å²) in [6.07, 6.45) is 3.64. The van der Waals surface area contributed by atoms with Crippen molar-refractivity contribution < 1.29 is 22.6 Å². The number of hydrogen-bond donors (Lipinski definition) is 1. The summed E-state index contributed by atoms with van der Waals surface area (Å²) in [4.78, 5) is 28.8. The van der Waals surface area contributed by atoms with Gasteiger partial charge in [-0.25, -0.2) is 13.4 Å². The fourth-order valence-corrected chi connectivity index (χ4v) is 5.02. The molecule has 0 unspecified atom stereocenters. The molecule has 4 heterocycles. The van der Waals surface area contributed by atoms with Crippen LogP contribution < -0.4 is 10.2 Å². The minimum atomic E-state index is -2.95. The average molecular weight is 481 g/mol. The second-order valence-corrected chi connectivity index (χ2v) is 10.1. The van der Waals surface area contributed by atoms with E-state index in [1.807, 2.05) is 39.8 Å². The molecular weight excluding hydrogens is 462 g/mol. The van der Waals surface area contributed by atoms with Gasteiger partial charge in [0.15, 0.2) is 15.6 Å². The molecule has 1 aliphatic rings. The lowest BCUT2D eigenvalue weighted by Crippen LogP contribution is -2.40. The molecule has 4 aromatic rings. The highest BCUT2D eigenvalue weighted by molar-refractivity contribution is 7.91. The van der Waals surface area contributed by atoms with Gasteiger partial charge in [-0.15, -0.1) is 0 Å². The van der Waals surface area contributed by atoms with E-state index in [0.29, 0.717) is 18.8 Å². The maximum atomic E-state index is 12.3. The number of carbonyl (C=O) groups is 1. The van der Waals surface area contributed by atoms with Crippen LogP contribution >= 0.6 is 0 Å². The van der Waals surface area contributed by atoms with Crippen molar-refractivity contribution >= 4 is 38.7 Å². The number of nitrogens with zero attached hydrogens (tertiary/aromatic N) is 4. The van der Waals surface area contributed by atoms with E-state index in [9.17, 15) is 23.3 Å². The van der Waals surface area contributed by atoms with Gasteiger partial charge in [0, 0.05) is 42.3 Å². The van der Waals surface area contributed by atoms with Gasteiger partial charge >= 0.3 is 5.88 Å². The quantitative estimate of drug-likeness (QED) is 0.339. The van der Waals surface area contributed by atoms with E-state index in [2.05, 4.69) is 10.3 Å². The van der Waals surface area contributed by atoms with E-state index >= 15 is 0 Å². The predicted molar refractivity (Wildman–Crippen MR) is 125 cm³/mol. The van der Waals surface area contributed by atoms with Crippen LogP contribution in [0.1, 0.15) is 10.6 Å². The lowest BCUT2D eigenvalue weighted by molar-refractivity contribution is -0.402. The molecular formula is C22H19N5O6S. The monoisotopic (exact) mass is 481 g/mol. The molecule has 1 aliphatic heterocycles. The van der Waals surface area contributed by atoms with Crippen molar-refractivity contribution in [1.82, 2.24) is 9.38 Å². The summed E-state index contributed by atoms with van der Waals surface area (Å²) in [5.74, 6) is -0.940. The minimum absolute atomic E-state index is 0.150. The number of imidazole rings is 1. The summed E-state index contributed by atoms with van der Waals surface area (Å²) in [7, 11) is -2.95. The molecule has 0 aliphatic carbocycles. The van der Waals surface area contributed by atoms with Crippen molar-refractivity contribution in [2.24, 2.45) is 0 Å². The molecule has 1 aromatic carbocycles. The SMILES string of the molecule is O=C(Nc1ccc(-c2cnc3cc(N4CCS(=O)(=O)CC4)ccn23)cc1)c1ccc([N+](=O)[O-])o1. The Bertz CT molecular complexity index is 1490. The first-order chi connectivity index (χ1) is 16.3. The van der Waals surface area contributed by atoms with Gasteiger partial charge < -0.3 is 14.6 Å². The molecule has 34 heavy (non-hydrogen) atoms. The zero-order valence-electron chi connectivity index (χ0n) is 17.7. The molecule has 0 atom stereocenters. The molecule has 174 valence electrons. The summed E-state index contributed by atoms with van der Waals surface area (Å²) in [6.45, 7) is 0.926. The highest BCUT2D eigenvalue weighted by atomic mass is 32.2. The molecule has 0 bridgehead atoms. The predicted octanol–water partition coefficient (Wildman–Crippen LogP) is 2.99. The van der Waals surface area contributed by atoms with Crippen molar-refractivity contribution in [1.29, 1.82) is 0 Å². The summed E-state index contributed by atoms with van der Waals surface area (Å²) >= 11 is 0. The number of benzene rings is 1. The van der Waals surface area contributed by atoms with Crippen molar-refractivity contribution in [3.8, 4) is 11.3 Å². The second-order valence-electron chi connectivity index (χ2n) is 7.82. The molecule has 0 radical (unpaired) electrons. The highest BCUT2D eigenvalue weighted by Gasteiger charge is 2.22. The van der Waals surface area contributed by atoms with Gasteiger partial charge in [0.1, 0.15) is 10.6 Å². The molecule has 1 fully saturated rings. The van der Waals surface area contributed by atoms with E-state index in [1.54, 1.807) is 18.3 Å². The molecule has 5 rings (SSSR count). The first-order valence-electron chi connectivity index (χ1n) is 10.4. The van der Waals surface area contributed by atoms with Crippen LogP contribution in [0.25, 0.3) is 16.9 Å². The fraction of sp³-hybridized carbons (Fsp3) is 0.182. The zero-order chi connectivity index (χ0) is 23.9. The third-order valence-electron chi connectivity index (χ3n) is 5.64. The third kappa shape index (κ3) is 4.22. The molecule has 11 nitrogen and oxygen atoms in total. The molecule has 12 heteroatoms. The summed E-state index contributed by atoms with van der Waals surface area (Å²) in [6, 6.07) is 13.3. The first kappa shape index (κ1) is 21.6. The van der Waals surface area contributed by atoms with Gasteiger partial charge in [-0.05, 0) is 24.3 Å². The molecule has 1 amide bonds. The summed E-state index contributed by atoms with van der Waals surface area (Å²) in [5.41, 5.74) is 3.88. The Hall–Kier alpha value is -4.19. The number of nitro groups is 1. The number of sulfone groups is 1. The Morgan fingerprint density at radius 2 is 1.82 bits per heavy atom. The number of rotatable bonds is 5. The van der Waals surface area contributed by atoms with E-state index in [1.165, 1.54) is 6.07 Å². The number of carbonyl (C=O) groups excluding carboxylic acids is 1. The Morgan fingerprint density at radius 1 is 1.09 bits per heavy atom. The van der Waals surface area contributed by atoms with Crippen molar-refractivity contribution in [2.45, 2.75) is 0 Å². The van der Waals surface area contributed by atoms with Crippen LogP contribution in [0.4, 0.5) is 17.3 Å². The number of furan rings is 1. The maximum Gasteiger partial charge on any atom is 0.433 e. The Kier molecular flexibility index (Phi) is 5.28. The van der Waals surface area contributed by atoms with E-state index < -0.39 is 26.6 Å². The van der Waals surface area contributed by atoms with Gasteiger partial charge in [-0.1, -0.05) is 12.1 Å². The highest BCUT2D eigenvalue weighted by Crippen LogP contribution is 2.26. The normalized spacial score (nSPS) is 15.4. The number of nitrogens with one attached hydrogen (secondary N) is 1. The van der Waals surface area contributed by atoms with Gasteiger partial charge in [0.2, 0.25) is 0 Å². The Balaban J connectivity index is 1.32. The number of anilines is 2. The Labute approximate surface area is 193 Å². The van der Waals surface area contributed by atoms with Crippen molar-refractivity contribution in [2.75, 3.05) is 34.8 Å². The Morgan fingerprint density at radius 3 is 2.50 bits per heavy atom. The average Bonchev–Trinajstić information content (AvgIpc) is 3.47. The lowest BCUT2D eigenvalue weighted by Gasteiger charge is -2.28. The third-order valence-corrected chi connectivity index (χ3v) is 7.25. The van der Waals surface area contributed by atoms with Gasteiger partial charge in [0.05, 0.1) is 29.5 Å². The zero-order valence-corrected chi connectivity index (χ0v) is 18.6. The lowest BCUT2D eigenvalue weighted by atomic mass is 10.1. The smallest absolute Gasteiger partial charge is 0.395 e. The van der Waals surface area contributed by atoms with Crippen LogP contribution in [0.5, 0.6) is 0 Å². The van der Waals surface area contributed by atoms with E-state index in [0.717, 1.165) is 28.7 Å². The van der Waals surface area contributed by atoms with Crippen LogP contribution in [-0.2, 0) is 9.84 Å². The standard InChI is InChI=1S/C22H19N5O6S/c28-22(19-5-6-21(33-19)27(29)30)24-16-3-1-15(2-4-16)18-14-23-20-13-17(7-8-26(18)20)25-9-11-34(31,32)12-10-25/h1-8,13-14H,9-12H2,(H,24,28). The number of fused-ring (bicyclic) bond motifs is 1. The number of hydrogen-bond acceptors (Lipinski definition) is 8. The van der Waals surface area contributed by atoms with Crippen molar-refractivity contribution in [3.63, 3.8) is 0 Å². The van der Waals surface area contributed by atoms with Gasteiger partial charge in [-0.3, -0.25) is 19.3 Å². The minimum Gasteiger partial charge on any atom is -0.395 e. The topological polar surface area (TPSA) is 140 Å². The van der Waals surface area contributed by atoms with Crippen LogP contribution in [0.2, 0.25) is 0 Å². The largest absolute Gasteiger partial charge is 0.433 e.